The Labute approximate surface area is 92.5 Å². The van der Waals surface area contributed by atoms with Crippen molar-refractivity contribution in [3.63, 3.8) is 0 Å². The highest BCUT2D eigenvalue weighted by Gasteiger charge is 2.63. The van der Waals surface area contributed by atoms with Gasteiger partial charge >= 0.3 is 5.97 Å². The van der Waals surface area contributed by atoms with Gasteiger partial charge in [0.1, 0.15) is 10.1 Å². The van der Waals surface area contributed by atoms with Crippen molar-refractivity contribution in [3.8, 4) is 0 Å². The Bertz CT molecular complexity index is 516. The lowest BCUT2D eigenvalue weighted by Crippen LogP contribution is -2.49. The molecule has 0 spiro atoms. The smallest absolute Gasteiger partial charge is 0.330 e. The molecule has 2 aliphatic heterocycles. The molecular formula is C9H11NO5S. The molecule has 1 amide bonds. The number of rotatable bonds is 1. The summed E-state index contributed by atoms with van der Waals surface area (Å²) in [6, 6.07) is 0. The molecule has 2 fully saturated rings. The summed E-state index contributed by atoms with van der Waals surface area (Å²) in [5, 5.41) is 7.81. The van der Waals surface area contributed by atoms with Crippen molar-refractivity contribution in [1.29, 1.82) is 0 Å². The SMILES string of the molecule is CC1(C)/C(=C\C(=O)O)N2C(=O)C[C@H]2S1(=O)=O. The van der Waals surface area contributed by atoms with Crippen molar-refractivity contribution in [3.05, 3.63) is 11.8 Å². The maximum atomic E-state index is 12.0. The second kappa shape index (κ2) is 2.85. The van der Waals surface area contributed by atoms with E-state index in [-0.39, 0.29) is 18.0 Å². The monoisotopic (exact) mass is 245 g/mol. The van der Waals surface area contributed by atoms with Crippen LogP contribution in [0.3, 0.4) is 0 Å². The number of amides is 1. The van der Waals surface area contributed by atoms with Crippen LogP contribution in [0.25, 0.3) is 0 Å². The largest absolute Gasteiger partial charge is 0.478 e. The van der Waals surface area contributed by atoms with Gasteiger partial charge in [0.15, 0.2) is 9.84 Å². The van der Waals surface area contributed by atoms with Crippen LogP contribution >= 0.6 is 0 Å². The van der Waals surface area contributed by atoms with Gasteiger partial charge in [-0.15, -0.1) is 0 Å². The van der Waals surface area contributed by atoms with Crippen LogP contribution in [0.15, 0.2) is 11.8 Å². The number of carboxylic acid groups (broad SMARTS) is 1. The lowest BCUT2D eigenvalue weighted by atomic mass is 10.0. The van der Waals surface area contributed by atoms with Crippen LogP contribution in [0.1, 0.15) is 20.3 Å². The van der Waals surface area contributed by atoms with Crippen molar-refractivity contribution in [2.75, 3.05) is 0 Å². The zero-order chi connectivity index (χ0) is 12.3. The predicted molar refractivity (Wildman–Crippen MR) is 54.0 cm³/mol. The van der Waals surface area contributed by atoms with Gasteiger partial charge in [-0.1, -0.05) is 0 Å². The molecule has 16 heavy (non-hydrogen) atoms. The average molecular weight is 245 g/mol. The van der Waals surface area contributed by atoms with E-state index in [1.54, 1.807) is 0 Å². The van der Waals surface area contributed by atoms with Crippen molar-refractivity contribution in [2.45, 2.75) is 30.4 Å². The number of nitrogens with zero attached hydrogens (tertiary/aromatic N) is 1. The van der Waals surface area contributed by atoms with Crippen molar-refractivity contribution >= 4 is 21.7 Å². The zero-order valence-corrected chi connectivity index (χ0v) is 9.61. The minimum atomic E-state index is -3.52. The minimum Gasteiger partial charge on any atom is -0.478 e. The highest BCUT2D eigenvalue weighted by atomic mass is 32.2. The van der Waals surface area contributed by atoms with Crippen LogP contribution in [0, 0.1) is 0 Å². The van der Waals surface area contributed by atoms with Gasteiger partial charge in [0.25, 0.3) is 0 Å². The molecule has 88 valence electrons. The molecule has 0 unspecified atom stereocenters. The standard InChI is InChI=1S/C9H11NO5S/c1-9(2)5(3-8(12)13)10-6(11)4-7(10)16(9,14)15/h3,7H,4H2,1-2H3,(H,12,13)/b5-3+/t7-/m1/s1. The van der Waals surface area contributed by atoms with E-state index in [4.69, 9.17) is 5.11 Å². The molecule has 0 aromatic carbocycles. The highest BCUT2D eigenvalue weighted by Crippen LogP contribution is 2.47. The van der Waals surface area contributed by atoms with Crippen molar-refractivity contribution in [2.24, 2.45) is 0 Å². The summed E-state index contributed by atoms with van der Waals surface area (Å²) >= 11 is 0. The number of carboxylic acids is 1. The molecule has 2 rings (SSSR count). The summed E-state index contributed by atoms with van der Waals surface area (Å²) in [5.74, 6) is -1.59. The Balaban J connectivity index is 2.61. The number of carbonyl (C=O) groups excluding carboxylic acids is 1. The van der Waals surface area contributed by atoms with Crippen LogP contribution in [0.5, 0.6) is 0 Å². The Morgan fingerprint density at radius 3 is 2.56 bits per heavy atom. The minimum absolute atomic E-state index is 0.0529. The highest BCUT2D eigenvalue weighted by molar-refractivity contribution is 7.94. The van der Waals surface area contributed by atoms with Crippen LogP contribution < -0.4 is 0 Å². The van der Waals surface area contributed by atoms with Gasteiger partial charge in [0.05, 0.1) is 12.1 Å². The third-order valence-electron chi connectivity index (χ3n) is 3.11. The van der Waals surface area contributed by atoms with E-state index in [1.165, 1.54) is 13.8 Å². The molecule has 6 nitrogen and oxygen atoms in total. The molecule has 0 aromatic heterocycles. The first-order chi connectivity index (χ1) is 7.19. The molecule has 1 atom stereocenters. The molecule has 0 bridgehead atoms. The predicted octanol–water partition coefficient (Wildman–Crippen LogP) is -0.280. The summed E-state index contributed by atoms with van der Waals surface area (Å²) in [5.41, 5.74) is 0.0567. The number of sulfone groups is 1. The second-order valence-corrected chi connectivity index (χ2v) is 7.00. The number of carbonyl (C=O) groups is 2. The zero-order valence-electron chi connectivity index (χ0n) is 8.80. The molecular weight excluding hydrogens is 234 g/mol. The third kappa shape index (κ3) is 1.09. The first kappa shape index (κ1) is 11.1. The molecule has 2 saturated heterocycles. The number of β-lactam (4-membered cyclic amide) rings is 1. The summed E-state index contributed by atoms with van der Waals surface area (Å²) in [6.07, 6.45) is 0.747. The van der Waals surface area contributed by atoms with Crippen molar-refractivity contribution < 1.29 is 23.1 Å². The van der Waals surface area contributed by atoms with Crippen LogP contribution in [0.4, 0.5) is 0 Å². The summed E-state index contributed by atoms with van der Waals surface area (Å²) in [6.45, 7) is 2.84. The van der Waals surface area contributed by atoms with Gasteiger partial charge in [-0.3, -0.25) is 9.69 Å². The Morgan fingerprint density at radius 2 is 2.12 bits per heavy atom. The lowest BCUT2D eigenvalue weighted by Gasteiger charge is -2.32. The van der Waals surface area contributed by atoms with Crippen LogP contribution in [0.2, 0.25) is 0 Å². The molecule has 2 aliphatic rings. The third-order valence-corrected chi connectivity index (χ3v) is 5.84. The number of aliphatic carboxylic acids is 1. The number of hydrogen-bond donors (Lipinski definition) is 1. The van der Waals surface area contributed by atoms with E-state index in [1.807, 2.05) is 0 Å². The molecule has 0 aromatic rings. The van der Waals surface area contributed by atoms with Crippen LogP contribution in [-0.2, 0) is 19.4 Å². The Hall–Kier alpha value is -1.37. The normalized spacial score (nSPS) is 32.4. The first-order valence-electron chi connectivity index (χ1n) is 4.70. The first-order valence-corrected chi connectivity index (χ1v) is 6.25. The molecule has 0 aliphatic carbocycles. The van der Waals surface area contributed by atoms with Gasteiger partial charge in [-0.2, -0.15) is 0 Å². The Kier molecular flexibility index (Phi) is 1.98. The summed E-state index contributed by atoms with van der Waals surface area (Å²) in [7, 11) is -3.52. The van der Waals surface area contributed by atoms with Gasteiger partial charge in [-0.25, -0.2) is 13.2 Å². The maximum absolute atomic E-state index is 12.0. The van der Waals surface area contributed by atoms with E-state index in [0.29, 0.717) is 0 Å². The number of fused-ring (bicyclic) bond motifs is 1. The van der Waals surface area contributed by atoms with E-state index in [9.17, 15) is 18.0 Å². The van der Waals surface area contributed by atoms with Gasteiger partial charge in [0, 0.05) is 6.08 Å². The summed E-state index contributed by atoms with van der Waals surface area (Å²) in [4.78, 5) is 23.0. The maximum Gasteiger partial charge on any atom is 0.330 e. The molecule has 0 radical (unpaired) electrons. The van der Waals surface area contributed by atoms with E-state index < -0.39 is 25.9 Å². The Morgan fingerprint density at radius 1 is 1.56 bits per heavy atom. The van der Waals surface area contributed by atoms with E-state index >= 15 is 0 Å². The lowest BCUT2D eigenvalue weighted by molar-refractivity contribution is -0.138. The molecule has 1 N–H and O–H groups in total. The number of hydrogen-bond acceptors (Lipinski definition) is 4. The fourth-order valence-electron chi connectivity index (χ4n) is 2.06. The fourth-order valence-corrected chi connectivity index (χ4v) is 4.06. The van der Waals surface area contributed by atoms with Gasteiger partial charge in [-0.05, 0) is 13.8 Å². The molecule has 2 heterocycles. The molecule has 0 saturated carbocycles. The van der Waals surface area contributed by atoms with E-state index in [2.05, 4.69) is 0 Å². The van der Waals surface area contributed by atoms with Gasteiger partial charge in [0.2, 0.25) is 5.91 Å². The average Bonchev–Trinajstić information content (AvgIpc) is 2.21. The fraction of sp³-hybridized carbons (Fsp3) is 0.556. The van der Waals surface area contributed by atoms with E-state index in [0.717, 1.165) is 11.0 Å². The van der Waals surface area contributed by atoms with Crippen molar-refractivity contribution in [1.82, 2.24) is 4.90 Å². The molecule has 7 heteroatoms. The summed E-state index contributed by atoms with van der Waals surface area (Å²) < 4.78 is 22.7. The quantitative estimate of drug-likeness (QED) is 0.506. The van der Waals surface area contributed by atoms with Gasteiger partial charge < -0.3 is 5.11 Å². The van der Waals surface area contributed by atoms with Crippen LogP contribution in [-0.4, -0.2) is 40.4 Å². The second-order valence-electron chi connectivity index (χ2n) is 4.35. The topological polar surface area (TPSA) is 91.8 Å².